The minimum Gasteiger partial charge on any atom is -0.379 e. The number of aromatic amines is 1. The first-order chi connectivity index (χ1) is 21.7. The van der Waals surface area contributed by atoms with Gasteiger partial charge in [0.05, 0.1) is 42.3 Å². The van der Waals surface area contributed by atoms with E-state index in [0.29, 0.717) is 42.3 Å². The zero-order chi connectivity index (χ0) is 31.6. The lowest BCUT2D eigenvalue weighted by atomic mass is 10.1. The molecule has 5 rings (SSSR count). The van der Waals surface area contributed by atoms with Gasteiger partial charge in [0.2, 0.25) is 5.91 Å². The average Bonchev–Trinajstić information content (AvgIpc) is 3.70. The fourth-order valence-corrected chi connectivity index (χ4v) is 6.22. The molecule has 2 amide bonds. The summed E-state index contributed by atoms with van der Waals surface area (Å²) in [7, 11) is -2.12. The maximum Gasteiger partial charge on any atom is 0.251 e. The molecule has 12 nitrogen and oxygen atoms in total. The molecular weight excluding hydrogens is 594 g/mol. The molecule has 3 heterocycles. The van der Waals surface area contributed by atoms with E-state index in [4.69, 9.17) is 4.74 Å². The molecule has 0 atom stereocenters. The van der Waals surface area contributed by atoms with Crippen LogP contribution >= 0.6 is 0 Å². The smallest absolute Gasteiger partial charge is 0.251 e. The van der Waals surface area contributed by atoms with Crippen LogP contribution in [0, 0.1) is 11.8 Å². The number of aromatic nitrogens is 4. The zero-order valence-corrected chi connectivity index (χ0v) is 25.8. The summed E-state index contributed by atoms with van der Waals surface area (Å²) in [5.41, 5.74) is 3.21. The van der Waals surface area contributed by atoms with Crippen LogP contribution in [0.5, 0.6) is 0 Å². The third-order valence-electron chi connectivity index (χ3n) is 7.15. The van der Waals surface area contributed by atoms with E-state index in [0.717, 1.165) is 31.5 Å². The highest BCUT2D eigenvalue weighted by atomic mass is 32.2. The fraction of sp³-hybridized carbons (Fsp3) is 0.312. The third-order valence-corrected chi connectivity index (χ3v) is 8.85. The monoisotopic (exact) mass is 629 g/mol. The molecule has 0 saturated carbocycles. The number of benzene rings is 2. The van der Waals surface area contributed by atoms with E-state index in [2.05, 4.69) is 37.8 Å². The number of H-pyrrole nitrogens is 1. The van der Waals surface area contributed by atoms with Crippen LogP contribution in [0.15, 0.2) is 72.0 Å². The molecule has 1 fully saturated rings. The van der Waals surface area contributed by atoms with E-state index < -0.39 is 9.84 Å². The summed E-state index contributed by atoms with van der Waals surface area (Å²) < 4.78 is 33.8. The zero-order valence-electron chi connectivity index (χ0n) is 25.0. The number of rotatable bonds is 11. The fourth-order valence-electron chi connectivity index (χ4n) is 4.80. The van der Waals surface area contributed by atoms with E-state index in [1.807, 2.05) is 11.1 Å². The number of carbonyl (C=O) groups is 2. The van der Waals surface area contributed by atoms with Crippen molar-refractivity contribution in [3.05, 3.63) is 95.1 Å². The number of hydrogen-bond donors (Lipinski definition) is 3. The summed E-state index contributed by atoms with van der Waals surface area (Å²) >= 11 is 0. The second-order valence-corrected chi connectivity index (χ2v) is 12.6. The van der Waals surface area contributed by atoms with Crippen molar-refractivity contribution >= 4 is 27.3 Å². The number of anilines is 1. The molecule has 234 valence electrons. The number of sulfone groups is 1. The van der Waals surface area contributed by atoms with Crippen molar-refractivity contribution in [2.45, 2.75) is 23.5 Å². The van der Waals surface area contributed by atoms with Crippen molar-refractivity contribution in [1.82, 2.24) is 30.2 Å². The lowest BCUT2D eigenvalue weighted by Crippen LogP contribution is -2.41. The lowest BCUT2D eigenvalue weighted by Gasteiger charge is -2.25. The van der Waals surface area contributed by atoms with Crippen molar-refractivity contribution < 1.29 is 22.7 Å². The Labute approximate surface area is 262 Å². The van der Waals surface area contributed by atoms with Gasteiger partial charge in [0.25, 0.3) is 5.91 Å². The van der Waals surface area contributed by atoms with Crippen LogP contribution in [0.2, 0.25) is 0 Å². The van der Waals surface area contributed by atoms with Gasteiger partial charge in [-0.2, -0.15) is 10.2 Å². The van der Waals surface area contributed by atoms with Crippen molar-refractivity contribution in [2.24, 2.45) is 7.05 Å². The van der Waals surface area contributed by atoms with Crippen LogP contribution in [-0.2, 0) is 38.6 Å². The van der Waals surface area contributed by atoms with Crippen molar-refractivity contribution in [1.29, 1.82) is 0 Å². The Hall–Kier alpha value is -4.77. The average molecular weight is 630 g/mol. The number of amides is 2. The molecule has 45 heavy (non-hydrogen) atoms. The Kier molecular flexibility index (Phi) is 10.4. The van der Waals surface area contributed by atoms with E-state index >= 15 is 0 Å². The number of nitrogens with zero attached hydrogens (tertiary/aromatic N) is 4. The molecule has 0 bridgehead atoms. The van der Waals surface area contributed by atoms with Crippen LogP contribution in [-0.4, -0.2) is 84.5 Å². The summed E-state index contributed by atoms with van der Waals surface area (Å²) in [6, 6.07) is 13.1. The number of carbonyl (C=O) groups excluding carboxylic acids is 2. The molecule has 0 unspecified atom stereocenters. The summed E-state index contributed by atoms with van der Waals surface area (Å²) in [5.74, 6) is 5.24. The normalized spacial score (nSPS) is 13.5. The van der Waals surface area contributed by atoms with Crippen LogP contribution in [0.3, 0.4) is 0 Å². The Morgan fingerprint density at radius 3 is 2.58 bits per heavy atom. The first-order valence-electron chi connectivity index (χ1n) is 14.6. The second-order valence-electron chi connectivity index (χ2n) is 10.7. The molecule has 4 aromatic rings. The number of nitrogens with one attached hydrogen (secondary N) is 3. The summed E-state index contributed by atoms with van der Waals surface area (Å²) in [4.78, 5) is 27.5. The molecule has 0 radical (unpaired) electrons. The van der Waals surface area contributed by atoms with Crippen LogP contribution in [0.4, 0.5) is 5.69 Å². The molecule has 2 aromatic carbocycles. The highest BCUT2D eigenvalue weighted by molar-refractivity contribution is 7.90. The quantitative estimate of drug-likeness (QED) is 0.169. The summed E-state index contributed by atoms with van der Waals surface area (Å²) in [6.45, 7) is 3.41. The highest BCUT2D eigenvalue weighted by Gasteiger charge is 2.22. The predicted octanol–water partition coefficient (Wildman–Crippen LogP) is 2.15. The summed E-state index contributed by atoms with van der Waals surface area (Å²) in [6.07, 6.45) is 6.72. The van der Waals surface area contributed by atoms with Gasteiger partial charge in [0, 0.05) is 61.5 Å². The molecule has 0 spiro atoms. The van der Waals surface area contributed by atoms with Crippen LogP contribution < -0.4 is 10.6 Å². The van der Waals surface area contributed by atoms with Gasteiger partial charge in [-0.05, 0) is 66.9 Å². The molecule has 2 aromatic heterocycles. The maximum absolute atomic E-state index is 13.5. The highest BCUT2D eigenvalue weighted by Crippen LogP contribution is 2.22. The largest absolute Gasteiger partial charge is 0.379 e. The van der Waals surface area contributed by atoms with Crippen molar-refractivity contribution in [3.8, 4) is 11.8 Å². The third kappa shape index (κ3) is 9.12. The van der Waals surface area contributed by atoms with E-state index in [1.165, 1.54) is 18.2 Å². The van der Waals surface area contributed by atoms with Crippen LogP contribution in [0.1, 0.15) is 39.2 Å². The Bertz CT molecular complexity index is 1780. The number of ether oxygens (including phenoxy) is 1. The molecular formula is C32H35N7O5S. The van der Waals surface area contributed by atoms with E-state index in [-0.39, 0.29) is 34.6 Å². The second kappa shape index (κ2) is 14.8. The van der Waals surface area contributed by atoms with Gasteiger partial charge in [-0.15, -0.1) is 0 Å². The topological polar surface area (TPSA) is 151 Å². The van der Waals surface area contributed by atoms with Gasteiger partial charge < -0.3 is 15.4 Å². The molecule has 0 aliphatic carbocycles. The first-order valence-corrected chi connectivity index (χ1v) is 16.2. The van der Waals surface area contributed by atoms with Crippen molar-refractivity contribution in [3.63, 3.8) is 0 Å². The van der Waals surface area contributed by atoms with Crippen LogP contribution in [0.25, 0.3) is 0 Å². The lowest BCUT2D eigenvalue weighted by molar-refractivity contribution is -0.118. The Morgan fingerprint density at radius 2 is 1.87 bits per heavy atom. The molecule has 13 heteroatoms. The first kappa shape index (κ1) is 31.6. The number of aryl methyl sites for hydroxylation is 2. The number of hydrogen-bond acceptors (Lipinski definition) is 8. The van der Waals surface area contributed by atoms with Gasteiger partial charge >= 0.3 is 0 Å². The Morgan fingerprint density at radius 1 is 1.07 bits per heavy atom. The van der Waals surface area contributed by atoms with Gasteiger partial charge in [0.1, 0.15) is 0 Å². The Balaban J connectivity index is 1.31. The molecule has 1 aliphatic heterocycles. The predicted molar refractivity (Wildman–Crippen MR) is 168 cm³/mol. The van der Waals surface area contributed by atoms with Gasteiger partial charge in [-0.25, -0.2) is 8.42 Å². The SMILES string of the molecule is Cn1ccc(CS(=O)(=O)c2ccc(C(=O)NCCCc3cn[nH]c3)cc2C#Cc2ccc(NC(=O)CN3CCOCC3)cc2)n1. The standard InChI is InChI=1S/C32H35N7O5S/c1-38-14-12-29(37-38)23-45(42,43)30-11-8-27(32(41)33-13-2-3-25-20-34-35-21-25)19-26(30)7-4-24-5-9-28(10-6-24)36-31(40)22-39-15-17-44-18-16-39/h5-6,8-12,14,19-21H,2-3,13,15-18,22-23H2,1H3,(H,33,41)(H,34,35)(H,36,40). The minimum absolute atomic E-state index is 0.0177. The van der Waals surface area contributed by atoms with Crippen molar-refractivity contribution in [2.75, 3.05) is 44.7 Å². The molecule has 1 aliphatic rings. The van der Waals surface area contributed by atoms with Gasteiger partial charge in [-0.1, -0.05) is 11.8 Å². The minimum atomic E-state index is -3.83. The van der Waals surface area contributed by atoms with E-state index in [1.54, 1.807) is 54.5 Å². The summed E-state index contributed by atoms with van der Waals surface area (Å²) in [5, 5.41) is 16.7. The molecule has 1 saturated heterocycles. The van der Waals surface area contributed by atoms with E-state index in [9.17, 15) is 18.0 Å². The van der Waals surface area contributed by atoms with Gasteiger partial charge in [-0.3, -0.25) is 24.3 Å². The number of morpholine rings is 1. The van der Waals surface area contributed by atoms with Gasteiger partial charge in [0.15, 0.2) is 9.84 Å². The molecule has 3 N–H and O–H groups in total. The maximum atomic E-state index is 13.5.